The van der Waals surface area contributed by atoms with Crippen molar-refractivity contribution in [1.29, 1.82) is 0 Å². The number of nitrogens with zero attached hydrogens (tertiary/aromatic N) is 2. The van der Waals surface area contributed by atoms with Gasteiger partial charge in [-0.2, -0.15) is 5.10 Å². The molecule has 0 fully saturated rings. The lowest BCUT2D eigenvalue weighted by molar-refractivity contribution is 0.102. The molecule has 0 aliphatic heterocycles. The predicted molar refractivity (Wildman–Crippen MR) is 98.2 cm³/mol. The van der Waals surface area contributed by atoms with E-state index in [1.54, 1.807) is 16.8 Å². The molecule has 25 heavy (non-hydrogen) atoms. The van der Waals surface area contributed by atoms with Crippen LogP contribution in [0.3, 0.4) is 0 Å². The molecular formula is C20H19ClN2O2. The van der Waals surface area contributed by atoms with Crippen LogP contribution in [0.15, 0.2) is 60.8 Å². The van der Waals surface area contributed by atoms with Crippen LogP contribution in [0.5, 0.6) is 5.75 Å². The van der Waals surface area contributed by atoms with Crippen molar-refractivity contribution in [3.8, 4) is 5.75 Å². The zero-order valence-electron chi connectivity index (χ0n) is 14.0. The molecule has 0 radical (unpaired) electrons. The molecule has 0 atom stereocenters. The van der Waals surface area contributed by atoms with Gasteiger partial charge in [-0.3, -0.25) is 9.48 Å². The van der Waals surface area contributed by atoms with Crippen LogP contribution in [0.2, 0.25) is 5.02 Å². The number of hydrogen-bond acceptors (Lipinski definition) is 3. The fraction of sp³-hybridized carbons (Fsp3) is 0.200. The highest BCUT2D eigenvalue weighted by atomic mass is 35.5. The molecule has 2 aromatic carbocycles. The summed E-state index contributed by atoms with van der Waals surface area (Å²) in [4.78, 5) is 12.8. The van der Waals surface area contributed by atoms with Gasteiger partial charge in [-0.05, 0) is 24.1 Å². The van der Waals surface area contributed by atoms with Crippen LogP contribution >= 0.6 is 11.6 Å². The van der Waals surface area contributed by atoms with Gasteiger partial charge < -0.3 is 4.74 Å². The highest BCUT2D eigenvalue weighted by Gasteiger charge is 2.19. The monoisotopic (exact) mass is 354 g/mol. The quantitative estimate of drug-likeness (QED) is 0.575. The highest BCUT2D eigenvalue weighted by Crippen LogP contribution is 2.22. The molecule has 0 amide bonds. The summed E-state index contributed by atoms with van der Waals surface area (Å²) in [7, 11) is 0. The first kappa shape index (κ1) is 17.2. The first-order chi connectivity index (χ1) is 12.2. The van der Waals surface area contributed by atoms with Crippen LogP contribution in [0.1, 0.15) is 35.0 Å². The molecule has 0 unspecified atom stereocenters. The number of benzene rings is 2. The van der Waals surface area contributed by atoms with Crippen molar-refractivity contribution in [2.45, 2.75) is 26.5 Å². The molecule has 1 heterocycles. The van der Waals surface area contributed by atoms with E-state index >= 15 is 0 Å². The lowest BCUT2D eigenvalue weighted by Gasteiger charge is -2.09. The summed E-state index contributed by atoms with van der Waals surface area (Å²) in [6.07, 6.45) is 2.39. The Kier molecular flexibility index (Phi) is 5.51. The zero-order chi connectivity index (χ0) is 17.6. The lowest BCUT2D eigenvalue weighted by atomic mass is 10.1. The molecule has 1 aromatic heterocycles. The number of aryl methyl sites for hydroxylation is 1. The van der Waals surface area contributed by atoms with Gasteiger partial charge in [-0.1, -0.05) is 61.0 Å². The Balaban J connectivity index is 1.79. The van der Waals surface area contributed by atoms with Gasteiger partial charge in [0.25, 0.3) is 0 Å². The Hall–Kier alpha value is -2.59. The maximum absolute atomic E-state index is 12.8. The minimum absolute atomic E-state index is 0.152. The van der Waals surface area contributed by atoms with Crippen LogP contribution in [0.4, 0.5) is 0 Å². The van der Waals surface area contributed by atoms with Crippen molar-refractivity contribution in [1.82, 2.24) is 9.78 Å². The molecule has 5 heteroatoms. The van der Waals surface area contributed by atoms with Gasteiger partial charge in [-0.15, -0.1) is 0 Å². The Bertz CT molecular complexity index is 859. The topological polar surface area (TPSA) is 44.1 Å². The largest absolute Gasteiger partial charge is 0.489 e. The number of carbonyl (C=O) groups excluding carboxylic acids is 1. The lowest BCUT2D eigenvalue weighted by Crippen LogP contribution is -2.12. The molecule has 128 valence electrons. The van der Waals surface area contributed by atoms with Crippen LogP contribution < -0.4 is 4.74 Å². The molecular weight excluding hydrogens is 336 g/mol. The SMILES string of the molecule is CCCn1ncc(Cl)c1C(=O)c1cccc(OCc2ccccc2)c1. The Morgan fingerprint density at radius 1 is 1.16 bits per heavy atom. The third-order valence-corrected chi connectivity index (χ3v) is 4.07. The summed E-state index contributed by atoms with van der Waals surface area (Å²) in [6.45, 7) is 3.13. The van der Waals surface area contributed by atoms with Gasteiger partial charge in [0.15, 0.2) is 0 Å². The number of ketones is 1. The molecule has 0 aliphatic rings. The van der Waals surface area contributed by atoms with Gasteiger partial charge in [0.1, 0.15) is 18.1 Å². The van der Waals surface area contributed by atoms with Crippen molar-refractivity contribution in [3.63, 3.8) is 0 Å². The summed E-state index contributed by atoms with van der Waals surface area (Å²) >= 11 is 6.17. The van der Waals surface area contributed by atoms with Gasteiger partial charge in [0.2, 0.25) is 5.78 Å². The maximum atomic E-state index is 12.8. The normalized spacial score (nSPS) is 10.6. The van der Waals surface area contributed by atoms with E-state index in [0.717, 1.165) is 12.0 Å². The van der Waals surface area contributed by atoms with E-state index in [1.165, 1.54) is 6.20 Å². The summed E-state index contributed by atoms with van der Waals surface area (Å²) in [5.74, 6) is 0.494. The van der Waals surface area contributed by atoms with Gasteiger partial charge in [0, 0.05) is 12.1 Å². The Morgan fingerprint density at radius 3 is 2.72 bits per heavy atom. The molecule has 0 N–H and O–H groups in total. The van der Waals surface area contributed by atoms with E-state index in [2.05, 4.69) is 5.10 Å². The number of ether oxygens (including phenoxy) is 1. The number of carbonyl (C=O) groups is 1. The third-order valence-electron chi connectivity index (χ3n) is 3.79. The first-order valence-corrected chi connectivity index (χ1v) is 8.59. The summed E-state index contributed by atoms with van der Waals surface area (Å²) in [5, 5.41) is 4.55. The van der Waals surface area contributed by atoms with Crippen molar-refractivity contribution < 1.29 is 9.53 Å². The molecule has 3 rings (SSSR count). The minimum atomic E-state index is -0.152. The van der Waals surface area contributed by atoms with Crippen molar-refractivity contribution in [2.75, 3.05) is 0 Å². The molecule has 0 saturated carbocycles. The molecule has 0 spiro atoms. The number of aromatic nitrogens is 2. The molecule has 0 bridgehead atoms. The van der Waals surface area contributed by atoms with Gasteiger partial charge in [-0.25, -0.2) is 0 Å². The van der Waals surface area contributed by atoms with Crippen LogP contribution in [-0.2, 0) is 13.2 Å². The zero-order valence-corrected chi connectivity index (χ0v) is 14.7. The van der Waals surface area contributed by atoms with Crippen LogP contribution in [0.25, 0.3) is 0 Å². The predicted octanol–water partition coefficient (Wildman–Crippen LogP) is 4.76. The van der Waals surface area contributed by atoms with Crippen molar-refractivity contribution in [3.05, 3.63) is 82.6 Å². The van der Waals surface area contributed by atoms with Crippen molar-refractivity contribution in [2.24, 2.45) is 0 Å². The van der Waals surface area contributed by atoms with Gasteiger partial charge >= 0.3 is 0 Å². The number of halogens is 1. The third kappa shape index (κ3) is 4.09. The standard InChI is InChI=1S/C20H19ClN2O2/c1-2-11-23-19(18(21)13-22-23)20(24)16-9-6-10-17(12-16)25-14-15-7-4-3-5-8-15/h3-10,12-13H,2,11,14H2,1H3. The van der Waals surface area contributed by atoms with E-state index in [0.29, 0.717) is 35.2 Å². The fourth-order valence-electron chi connectivity index (χ4n) is 2.57. The Morgan fingerprint density at radius 2 is 1.96 bits per heavy atom. The van der Waals surface area contributed by atoms with Crippen LogP contribution in [-0.4, -0.2) is 15.6 Å². The molecule has 4 nitrogen and oxygen atoms in total. The molecule has 0 aliphatic carbocycles. The highest BCUT2D eigenvalue weighted by molar-refractivity contribution is 6.34. The molecule has 3 aromatic rings. The van der Waals surface area contributed by atoms with E-state index < -0.39 is 0 Å². The average molecular weight is 355 g/mol. The number of hydrogen-bond donors (Lipinski definition) is 0. The first-order valence-electron chi connectivity index (χ1n) is 8.22. The van der Waals surface area contributed by atoms with E-state index in [4.69, 9.17) is 16.3 Å². The second kappa shape index (κ2) is 7.99. The van der Waals surface area contributed by atoms with E-state index in [1.807, 2.05) is 49.4 Å². The molecule has 0 saturated heterocycles. The summed E-state index contributed by atoms with van der Waals surface area (Å²) in [6, 6.07) is 17.0. The summed E-state index contributed by atoms with van der Waals surface area (Å²) in [5.41, 5.74) is 2.03. The average Bonchev–Trinajstić information content (AvgIpc) is 3.01. The number of rotatable bonds is 7. The minimum Gasteiger partial charge on any atom is -0.489 e. The van der Waals surface area contributed by atoms with Gasteiger partial charge in [0.05, 0.1) is 11.2 Å². The second-order valence-electron chi connectivity index (χ2n) is 5.70. The smallest absolute Gasteiger partial charge is 0.212 e. The van der Waals surface area contributed by atoms with E-state index in [9.17, 15) is 4.79 Å². The van der Waals surface area contributed by atoms with Crippen LogP contribution in [0, 0.1) is 0 Å². The van der Waals surface area contributed by atoms with Crippen molar-refractivity contribution >= 4 is 17.4 Å². The Labute approximate surface area is 152 Å². The second-order valence-corrected chi connectivity index (χ2v) is 6.10. The van der Waals surface area contributed by atoms with E-state index in [-0.39, 0.29) is 5.78 Å². The maximum Gasteiger partial charge on any atom is 0.212 e. The fourth-order valence-corrected chi connectivity index (χ4v) is 2.80. The summed E-state index contributed by atoms with van der Waals surface area (Å²) < 4.78 is 7.46.